The summed E-state index contributed by atoms with van der Waals surface area (Å²) in [5.41, 5.74) is 6.60. The van der Waals surface area contributed by atoms with E-state index in [9.17, 15) is 4.39 Å². The largest absolute Gasteiger partial charge is 0.389 e. The molecular formula is C16H23FN2S. The van der Waals surface area contributed by atoms with Gasteiger partial charge >= 0.3 is 0 Å². The summed E-state index contributed by atoms with van der Waals surface area (Å²) < 4.78 is 13.8. The zero-order chi connectivity index (χ0) is 14.5. The van der Waals surface area contributed by atoms with E-state index in [-0.39, 0.29) is 10.8 Å². The van der Waals surface area contributed by atoms with Crippen LogP contribution in [0.15, 0.2) is 18.2 Å². The van der Waals surface area contributed by atoms with E-state index in [1.54, 1.807) is 6.07 Å². The first-order chi connectivity index (χ1) is 9.60. The Morgan fingerprint density at radius 3 is 2.60 bits per heavy atom. The highest BCUT2D eigenvalue weighted by atomic mass is 32.1. The maximum Gasteiger partial charge on any atom is 0.135 e. The first kappa shape index (κ1) is 15.2. The van der Waals surface area contributed by atoms with Crippen LogP contribution < -0.4 is 11.1 Å². The highest BCUT2D eigenvalue weighted by Gasteiger charge is 2.20. The van der Waals surface area contributed by atoms with Crippen molar-refractivity contribution in [2.75, 3.05) is 5.32 Å². The van der Waals surface area contributed by atoms with Crippen LogP contribution in [0.2, 0.25) is 0 Å². The molecule has 20 heavy (non-hydrogen) atoms. The maximum absolute atomic E-state index is 13.8. The Hall–Kier alpha value is -1.16. The smallest absolute Gasteiger partial charge is 0.135 e. The van der Waals surface area contributed by atoms with E-state index in [0.29, 0.717) is 11.6 Å². The zero-order valence-corrected chi connectivity index (χ0v) is 12.8. The van der Waals surface area contributed by atoms with E-state index >= 15 is 0 Å². The maximum atomic E-state index is 13.8. The Bertz CT molecular complexity index is 468. The SMILES string of the molecule is CCCC1CCC(Nc2ccc(C(N)=S)c(F)c2)CC1. The van der Waals surface area contributed by atoms with E-state index in [1.807, 2.05) is 6.07 Å². The molecule has 3 N–H and O–H groups in total. The number of hydrogen-bond donors (Lipinski definition) is 2. The van der Waals surface area contributed by atoms with Crippen LogP contribution in [0.5, 0.6) is 0 Å². The Balaban J connectivity index is 1.91. The molecule has 0 aromatic heterocycles. The lowest BCUT2D eigenvalue weighted by atomic mass is 9.83. The van der Waals surface area contributed by atoms with E-state index in [4.69, 9.17) is 18.0 Å². The summed E-state index contributed by atoms with van der Waals surface area (Å²) in [5, 5.41) is 3.43. The van der Waals surface area contributed by atoms with Gasteiger partial charge in [0.25, 0.3) is 0 Å². The standard InChI is InChI=1S/C16H23FN2S/c1-2-3-11-4-6-12(7-5-11)19-13-8-9-14(16(18)20)15(17)10-13/h8-12,19H,2-7H2,1H3,(H2,18,20). The Morgan fingerprint density at radius 1 is 1.35 bits per heavy atom. The second kappa shape index (κ2) is 7.02. The van der Waals surface area contributed by atoms with Gasteiger partial charge in [0.1, 0.15) is 10.8 Å². The average molecular weight is 294 g/mol. The summed E-state index contributed by atoms with van der Waals surface area (Å²) >= 11 is 4.81. The molecule has 1 aromatic rings. The highest BCUT2D eigenvalue weighted by molar-refractivity contribution is 7.80. The van der Waals surface area contributed by atoms with E-state index in [0.717, 1.165) is 11.6 Å². The van der Waals surface area contributed by atoms with Crippen molar-refractivity contribution in [1.29, 1.82) is 0 Å². The van der Waals surface area contributed by atoms with Gasteiger partial charge < -0.3 is 11.1 Å². The van der Waals surface area contributed by atoms with Crippen molar-refractivity contribution in [3.05, 3.63) is 29.6 Å². The molecule has 1 fully saturated rings. The van der Waals surface area contributed by atoms with Gasteiger partial charge in [-0.15, -0.1) is 0 Å². The number of thiocarbonyl (C=S) groups is 1. The van der Waals surface area contributed by atoms with Crippen LogP contribution in [0.3, 0.4) is 0 Å². The fourth-order valence-electron chi connectivity index (χ4n) is 3.04. The van der Waals surface area contributed by atoms with Crippen molar-refractivity contribution in [2.24, 2.45) is 11.7 Å². The Labute approximate surface area is 125 Å². The number of benzene rings is 1. The van der Waals surface area contributed by atoms with Crippen LogP contribution in [0.1, 0.15) is 51.0 Å². The van der Waals surface area contributed by atoms with Crippen molar-refractivity contribution in [2.45, 2.75) is 51.5 Å². The lowest BCUT2D eigenvalue weighted by Crippen LogP contribution is -2.26. The molecule has 0 atom stereocenters. The lowest BCUT2D eigenvalue weighted by Gasteiger charge is -2.29. The molecule has 0 radical (unpaired) electrons. The third kappa shape index (κ3) is 3.92. The van der Waals surface area contributed by atoms with Gasteiger partial charge in [-0.3, -0.25) is 0 Å². The average Bonchev–Trinajstić information content (AvgIpc) is 2.41. The number of nitrogens with one attached hydrogen (secondary N) is 1. The van der Waals surface area contributed by atoms with Gasteiger partial charge in [-0.25, -0.2) is 4.39 Å². The number of anilines is 1. The van der Waals surface area contributed by atoms with Crippen LogP contribution in [0.25, 0.3) is 0 Å². The molecule has 1 saturated carbocycles. The molecule has 0 heterocycles. The summed E-state index contributed by atoms with van der Waals surface area (Å²) in [7, 11) is 0. The monoisotopic (exact) mass is 294 g/mol. The van der Waals surface area contributed by atoms with Gasteiger partial charge in [0.2, 0.25) is 0 Å². The van der Waals surface area contributed by atoms with Gasteiger partial charge in [0.05, 0.1) is 0 Å². The first-order valence-corrected chi connectivity index (χ1v) is 7.87. The van der Waals surface area contributed by atoms with Crippen LogP contribution in [0, 0.1) is 11.7 Å². The Morgan fingerprint density at radius 2 is 2.05 bits per heavy atom. The fraction of sp³-hybridized carbons (Fsp3) is 0.562. The predicted molar refractivity (Wildman–Crippen MR) is 86.6 cm³/mol. The molecule has 1 aromatic carbocycles. The molecule has 1 aliphatic rings. The predicted octanol–water partition coefficient (Wildman–Crippen LogP) is 4.23. The second-order valence-electron chi connectivity index (χ2n) is 5.71. The zero-order valence-electron chi connectivity index (χ0n) is 12.0. The third-order valence-electron chi connectivity index (χ3n) is 4.15. The molecule has 2 rings (SSSR count). The van der Waals surface area contributed by atoms with Gasteiger partial charge in [-0.2, -0.15) is 0 Å². The van der Waals surface area contributed by atoms with Gasteiger partial charge in [0, 0.05) is 17.3 Å². The number of rotatable bonds is 5. The molecular weight excluding hydrogens is 271 g/mol. The minimum absolute atomic E-state index is 0.106. The molecule has 4 heteroatoms. The van der Waals surface area contributed by atoms with Crippen LogP contribution >= 0.6 is 12.2 Å². The van der Waals surface area contributed by atoms with Gasteiger partial charge in [-0.1, -0.05) is 32.0 Å². The van der Waals surface area contributed by atoms with Gasteiger partial charge in [-0.05, 0) is 49.8 Å². The summed E-state index contributed by atoms with van der Waals surface area (Å²) in [6, 6.07) is 5.46. The van der Waals surface area contributed by atoms with Crippen LogP contribution in [-0.2, 0) is 0 Å². The highest BCUT2D eigenvalue weighted by Crippen LogP contribution is 2.29. The molecule has 0 bridgehead atoms. The van der Waals surface area contributed by atoms with Crippen LogP contribution in [-0.4, -0.2) is 11.0 Å². The Kier molecular flexibility index (Phi) is 5.35. The normalized spacial score (nSPS) is 22.5. The first-order valence-electron chi connectivity index (χ1n) is 7.46. The molecule has 1 aliphatic carbocycles. The minimum Gasteiger partial charge on any atom is -0.389 e. The van der Waals surface area contributed by atoms with Gasteiger partial charge in [0.15, 0.2) is 0 Å². The van der Waals surface area contributed by atoms with Crippen molar-refractivity contribution < 1.29 is 4.39 Å². The number of nitrogens with two attached hydrogens (primary N) is 1. The van der Waals surface area contributed by atoms with Crippen molar-refractivity contribution in [3.63, 3.8) is 0 Å². The lowest BCUT2D eigenvalue weighted by molar-refractivity contribution is 0.319. The second-order valence-corrected chi connectivity index (χ2v) is 6.15. The fourth-order valence-corrected chi connectivity index (χ4v) is 3.21. The molecule has 0 amide bonds. The van der Waals surface area contributed by atoms with E-state index < -0.39 is 0 Å². The van der Waals surface area contributed by atoms with E-state index in [1.165, 1.54) is 44.6 Å². The van der Waals surface area contributed by atoms with Crippen molar-refractivity contribution in [3.8, 4) is 0 Å². The molecule has 0 unspecified atom stereocenters. The summed E-state index contributed by atoms with van der Waals surface area (Å²) in [6.45, 7) is 2.25. The summed E-state index contributed by atoms with van der Waals surface area (Å²) in [4.78, 5) is 0.106. The van der Waals surface area contributed by atoms with Crippen LogP contribution in [0.4, 0.5) is 10.1 Å². The topological polar surface area (TPSA) is 38.0 Å². The molecule has 2 nitrogen and oxygen atoms in total. The minimum atomic E-state index is -0.345. The molecule has 110 valence electrons. The van der Waals surface area contributed by atoms with Crippen molar-refractivity contribution >= 4 is 22.9 Å². The van der Waals surface area contributed by atoms with E-state index in [2.05, 4.69) is 12.2 Å². The number of halogens is 1. The molecule has 0 spiro atoms. The summed E-state index contributed by atoms with van der Waals surface area (Å²) in [6.07, 6.45) is 7.50. The molecule has 0 aliphatic heterocycles. The van der Waals surface area contributed by atoms with Crippen molar-refractivity contribution in [1.82, 2.24) is 0 Å². The summed E-state index contributed by atoms with van der Waals surface area (Å²) in [5.74, 6) is 0.536. The number of hydrogen-bond acceptors (Lipinski definition) is 2. The molecule has 0 saturated heterocycles. The third-order valence-corrected chi connectivity index (χ3v) is 4.37. The quantitative estimate of drug-likeness (QED) is 0.798.